The summed E-state index contributed by atoms with van der Waals surface area (Å²) in [5.74, 6) is -0.620. The number of halogens is 1. The van der Waals surface area contributed by atoms with Crippen molar-refractivity contribution in [3.8, 4) is 11.5 Å². The molecule has 0 saturated carbocycles. The molecule has 0 aromatic heterocycles. The molecule has 9 nitrogen and oxygen atoms in total. The zero-order valence-corrected chi connectivity index (χ0v) is 22.0. The first-order chi connectivity index (χ1) is 17.7. The first-order valence-corrected chi connectivity index (χ1v) is 13.0. The summed E-state index contributed by atoms with van der Waals surface area (Å²) in [6.07, 6.45) is 0.730. The quantitative estimate of drug-likeness (QED) is 0.396. The number of methoxy groups -OCH3 is 2. The zero-order chi connectivity index (χ0) is 26.7. The van der Waals surface area contributed by atoms with Gasteiger partial charge < -0.3 is 19.1 Å². The van der Waals surface area contributed by atoms with Crippen LogP contribution in [0.4, 0.5) is 11.4 Å². The number of carbonyl (C=O) groups is 2. The number of carbonyl (C=O) groups excluding carboxylic acids is 2. The lowest BCUT2D eigenvalue weighted by atomic mass is 10.2. The van der Waals surface area contributed by atoms with Crippen molar-refractivity contribution in [1.29, 1.82) is 0 Å². The minimum absolute atomic E-state index is 0.0103. The van der Waals surface area contributed by atoms with Gasteiger partial charge in [0.15, 0.2) is 6.61 Å². The van der Waals surface area contributed by atoms with Crippen molar-refractivity contribution in [1.82, 2.24) is 0 Å². The Morgan fingerprint density at radius 1 is 1.00 bits per heavy atom. The van der Waals surface area contributed by atoms with Crippen LogP contribution in [0.3, 0.4) is 0 Å². The molecule has 4 rings (SSSR count). The maximum atomic E-state index is 13.4. The van der Waals surface area contributed by atoms with Crippen molar-refractivity contribution in [3.05, 3.63) is 76.8 Å². The van der Waals surface area contributed by atoms with Crippen LogP contribution in [0.1, 0.15) is 15.9 Å². The molecule has 0 spiro atoms. The molecule has 0 N–H and O–H groups in total. The van der Waals surface area contributed by atoms with Crippen molar-refractivity contribution >= 4 is 44.9 Å². The smallest absolute Gasteiger partial charge is 0.338 e. The van der Waals surface area contributed by atoms with E-state index in [1.165, 1.54) is 57.7 Å². The summed E-state index contributed by atoms with van der Waals surface area (Å²) in [7, 11) is 0.0446. The van der Waals surface area contributed by atoms with Gasteiger partial charge in [-0.15, -0.1) is 0 Å². The maximum Gasteiger partial charge on any atom is 0.338 e. The predicted molar refractivity (Wildman–Crippen MR) is 139 cm³/mol. The number of amides is 1. The predicted octanol–water partition coefficient (Wildman–Crippen LogP) is 3.93. The summed E-state index contributed by atoms with van der Waals surface area (Å²) in [5, 5.41) is 0.197. The Labute approximate surface area is 220 Å². The maximum absolute atomic E-state index is 13.4. The number of hydrogen-bond donors (Lipinski definition) is 0. The molecule has 0 aliphatic carbocycles. The second kappa shape index (κ2) is 10.7. The Morgan fingerprint density at radius 3 is 2.46 bits per heavy atom. The van der Waals surface area contributed by atoms with Gasteiger partial charge in [0.25, 0.3) is 15.9 Å². The summed E-state index contributed by atoms with van der Waals surface area (Å²) in [6, 6.07) is 15.8. The van der Waals surface area contributed by atoms with Gasteiger partial charge in [-0.3, -0.25) is 9.10 Å². The average molecular weight is 545 g/mol. The highest BCUT2D eigenvalue weighted by molar-refractivity contribution is 7.92. The van der Waals surface area contributed by atoms with Crippen LogP contribution in [0.2, 0.25) is 5.02 Å². The van der Waals surface area contributed by atoms with Crippen LogP contribution in [0.5, 0.6) is 11.5 Å². The van der Waals surface area contributed by atoms with Crippen LogP contribution in [0.15, 0.2) is 65.6 Å². The zero-order valence-electron chi connectivity index (χ0n) is 20.4. The fourth-order valence-electron chi connectivity index (χ4n) is 4.05. The molecule has 0 bridgehead atoms. The molecule has 1 heterocycles. The highest BCUT2D eigenvalue weighted by Crippen LogP contribution is 2.39. The van der Waals surface area contributed by atoms with E-state index in [1.807, 2.05) is 24.3 Å². The van der Waals surface area contributed by atoms with Gasteiger partial charge in [-0.05, 0) is 42.3 Å². The molecule has 1 aliphatic rings. The summed E-state index contributed by atoms with van der Waals surface area (Å²) in [6.45, 7) is 0.0419. The second-order valence-electron chi connectivity index (χ2n) is 8.16. The minimum Gasteiger partial charge on any atom is -0.495 e. The topological polar surface area (TPSA) is 102 Å². The second-order valence-corrected chi connectivity index (χ2v) is 10.5. The van der Waals surface area contributed by atoms with Crippen LogP contribution in [-0.2, 0) is 26.0 Å². The fourth-order valence-corrected chi connectivity index (χ4v) is 5.53. The molecule has 1 aliphatic heterocycles. The summed E-state index contributed by atoms with van der Waals surface area (Å²) < 4.78 is 43.5. The number of esters is 1. The van der Waals surface area contributed by atoms with Crippen molar-refractivity contribution in [2.75, 3.05) is 43.6 Å². The molecule has 0 unspecified atom stereocenters. The normalized spacial score (nSPS) is 12.6. The molecular weight excluding hydrogens is 520 g/mol. The lowest BCUT2D eigenvalue weighted by Gasteiger charge is -2.23. The van der Waals surface area contributed by atoms with E-state index >= 15 is 0 Å². The monoisotopic (exact) mass is 544 g/mol. The molecule has 0 atom stereocenters. The summed E-state index contributed by atoms with van der Waals surface area (Å²) in [4.78, 5) is 26.8. The van der Waals surface area contributed by atoms with Crippen LogP contribution in [-0.4, -0.2) is 54.7 Å². The molecule has 3 aromatic carbocycles. The molecule has 1 amide bonds. The number of para-hydroxylation sites is 1. The van der Waals surface area contributed by atoms with Crippen LogP contribution in [0.25, 0.3) is 0 Å². The van der Waals surface area contributed by atoms with Gasteiger partial charge in [0.1, 0.15) is 11.5 Å². The number of fused-ring (bicyclic) bond motifs is 1. The van der Waals surface area contributed by atoms with E-state index in [1.54, 1.807) is 4.90 Å². The van der Waals surface area contributed by atoms with Crippen LogP contribution < -0.4 is 18.7 Å². The first kappa shape index (κ1) is 26.3. The highest BCUT2D eigenvalue weighted by atomic mass is 35.5. The summed E-state index contributed by atoms with van der Waals surface area (Å²) in [5.41, 5.74) is 2.02. The van der Waals surface area contributed by atoms with E-state index in [2.05, 4.69) is 0 Å². The third-order valence-corrected chi connectivity index (χ3v) is 8.10. The Bertz CT molecular complexity index is 1460. The molecular formula is C26H25ClN2O7S. The molecule has 3 aromatic rings. The van der Waals surface area contributed by atoms with Gasteiger partial charge >= 0.3 is 5.97 Å². The molecule has 37 heavy (non-hydrogen) atoms. The van der Waals surface area contributed by atoms with Crippen molar-refractivity contribution < 1.29 is 32.2 Å². The van der Waals surface area contributed by atoms with Gasteiger partial charge in [0.2, 0.25) is 0 Å². The Morgan fingerprint density at radius 2 is 1.73 bits per heavy atom. The third kappa shape index (κ3) is 5.21. The van der Waals surface area contributed by atoms with E-state index < -0.39 is 22.6 Å². The van der Waals surface area contributed by atoms with Gasteiger partial charge in [0.05, 0.1) is 35.4 Å². The van der Waals surface area contributed by atoms with E-state index in [4.69, 9.17) is 25.8 Å². The third-order valence-electron chi connectivity index (χ3n) is 6.04. The van der Waals surface area contributed by atoms with Gasteiger partial charge in [-0.2, -0.15) is 0 Å². The number of benzene rings is 3. The van der Waals surface area contributed by atoms with Crippen molar-refractivity contribution in [2.45, 2.75) is 11.3 Å². The lowest BCUT2D eigenvalue weighted by Crippen LogP contribution is -2.33. The SMILES string of the molecule is COc1cc(OC)c(N(C)S(=O)(=O)c2cccc(C(=O)OCC(=O)N3CCc4ccccc43)c2)cc1Cl. The number of sulfonamides is 1. The fraction of sp³-hybridized carbons (Fsp3) is 0.231. The van der Waals surface area contributed by atoms with E-state index in [0.29, 0.717) is 12.3 Å². The molecule has 194 valence electrons. The van der Waals surface area contributed by atoms with E-state index in [9.17, 15) is 18.0 Å². The molecule has 11 heteroatoms. The molecule has 0 radical (unpaired) electrons. The minimum atomic E-state index is -4.12. The average Bonchev–Trinajstić information content (AvgIpc) is 3.35. The largest absolute Gasteiger partial charge is 0.495 e. The standard InChI is InChI=1S/C26H25ClN2O7S/c1-28(22-14-20(27)23(34-2)15-24(22)35-3)37(32,33)19-9-6-8-18(13-19)26(31)36-16-25(30)29-12-11-17-7-4-5-10-21(17)29/h4-10,13-15H,11-12,16H2,1-3H3. The first-order valence-electron chi connectivity index (χ1n) is 11.2. The molecule has 0 fully saturated rings. The Hall–Kier alpha value is -3.76. The van der Waals surface area contributed by atoms with Crippen molar-refractivity contribution in [2.24, 2.45) is 0 Å². The number of nitrogens with zero attached hydrogens (tertiary/aromatic N) is 2. The van der Waals surface area contributed by atoms with E-state index in [0.717, 1.165) is 22.0 Å². The van der Waals surface area contributed by atoms with Crippen LogP contribution in [0, 0.1) is 0 Å². The summed E-state index contributed by atoms with van der Waals surface area (Å²) >= 11 is 6.21. The highest BCUT2D eigenvalue weighted by Gasteiger charge is 2.28. The van der Waals surface area contributed by atoms with Gasteiger partial charge in [0, 0.05) is 25.3 Å². The Kier molecular flexibility index (Phi) is 7.60. The number of hydrogen-bond acceptors (Lipinski definition) is 7. The molecule has 0 saturated heterocycles. The van der Waals surface area contributed by atoms with Crippen LogP contribution >= 0.6 is 11.6 Å². The van der Waals surface area contributed by atoms with E-state index in [-0.39, 0.29) is 32.8 Å². The number of rotatable bonds is 8. The van der Waals surface area contributed by atoms with Gasteiger partial charge in [-0.1, -0.05) is 35.9 Å². The van der Waals surface area contributed by atoms with Gasteiger partial charge in [-0.25, -0.2) is 13.2 Å². The van der Waals surface area contributed by atoms with Crippen molar-refractivity contribution in [3.63, 3.8) is 0 Å². The number of anilines is 2. The number of ether oxygens (including phenoxy) is 3. The lowest BCUT2D eigenvalue weighted by molar-refractivity contribution is -0.121. The Balaban J connectivity index is 1.51.